The number of ether oxygens (including phenoxy) is 6. The molecule has 3 fully saturated rings. The summed E-state index contributed by atoms with van der Waals surface area (Å²) in [5, 5.41) is 59.8. The quantitative estimate of drug-likeness (QED) is 0.176. The predicted molar refractivity (Wildman–Crippen MR) is 231 cm³/mol. The number of likely N-dealkylation sites (N-methyl/N-ethyl adjacent to an activating group) is 1. The molecular formula is C45H78N2O14S. The first kappa shape index (κ1) is 52.8. The van der Waals surface area contributed by atoms with Crippen LogP contribution in [-0.2, 0) is 49.7 Å². The third-order valence-electron chi connectivity index (χ3n) is 14.0. The van der Waals surface area contributed by atoms with Crippen LogP contribution in [0.25, 0.3) is 0 Å². The molecular weight excluding hydrogens is 825 g/mol. The number of aliphatic hydroxyl groups is 5. The number of rotatable bonds is 11. The van der Waals surface area contributed by atoms with E-state index in [1.165, 1.54) is 33.1 Å². The summed E-state index contributed by atoms with van der Waals surface area (Å²) in [4.78, 5) is 16.3. The molecule has 3 aliphatic heterocycles. The maximum atomic E-state index is 14.4. The van der Waals surface area contributed by atoms with Crippen molar-refractivity contribution in [1.29, 1.82) is 0 Å². The number of carbonyl (C=O) groups is 1. The van der Waals surface area contributed by atoms with Crippen LogP contribution in [0.15, 0.2) is 29.2 Å². The lowest BCUT2D eigenvalue weighted by Gasteiger charge is -2.49. The van der Waals surface area contributed by atoms with Gasteiger partial charge in [0.05, 0.1) is 52.5 Å². The van der Waals surface area contributed by atoms with E-state index in [9.17, 15) is 38.7 Å². The Morgan fingerprint density at radius 1 is 0.887 bits per heavy atom. The highest BCUT2D eigenvalue weighted by molar-refractivity contribution is 7.89. The molecule has 3 aliphatic rings. The summed E-state index contributed by atoms with van der Waals surface area (Å²) < 4.78 is 68.8. The van der Waals surface area contributed by atoms with Gasteiger partial charge in [-0.15, -0.1) is 0 Å². The van der Waals surface area contributed by atoms with Crippen LogP contribution in [0.2, 0.25) is 0 Å². The minimum Gasteiger partial charge on any atom is -0.459 e. The summed E-state index contributed by atoms with van der Waals surface area (Å²) >= 11 is 0. The summed E-state index contributed by atoms with van der Waals surface area (Å²) in [6.45, 7) is 18.5. The standard InChI is InChI=1S/C45H78N2O14S/c1-15-30-17-19-31(20-18-30)62(54,55)46-35-24(3)22-43(9,52)40(61-42-36(48)32(47(12)13)21-25(4)57-42)27(6)37(60-34-23-44(10,56-14)39(50)29(8)58-34)28(7)41(51)59-33(16-2)45(11,53)38(49)26(35)5/h17-20,24-29,32-40,42,46,48-50,52-53H,15-16,21-23H2,1-14H3/t24-,25-,26+,27+,28-,29+,32+,33-,34+,35+,36-,37+,38-,39+,40-,42+,43-,44-,45-/m1/s1. The third kappa shape index (κ3) is 11.6. The monoisotopic (exact) mass is 903 g/mol. The maximum Gasteiger partial charge on any atom is 0.311 e. The highest BCUT2D eigenvalue weighted by atomic mass is 32.2. The van der Waals surface area contributed by atoms with Gasteiger partial charge in [-0.2, -0.15) is 0 Å². The second kappa shape index (κ2) is 20.8. The lowest BCUT2D eigenvalue weighted by Crippen LogP contribution is -2.62. The van der Waals surface area contributed by atoms with Gasteiger partial charge in [-0.05, 0) is 105 Å². The molecule has 0 unspecified atom stereocenters. The Bertz CT molecular complexity index is 1710. The number of aliphatic hydroxyl groups excluding tert-OH is 3. The highest BCUT2D eigenvalue weighted by Gasteiger charge is 2.54. The lowest BCUT2D eigenvalue weighted by molar-refractivity contribution is -0.318. The number of carbonyl (C=O) groups excluding carboxylic acids is 1. The van der Waals surface area contributed by atoms with Crippen molar-refractivity contribution in [3.8, 4) is 0 Å². The van der Waals surface area contributed by atoms with E-state index in [-0.39, 0.29) is 36.3 Å². The first-order valence-corrected chi connectivity index (χ1v) is 23.8. The van der Waals surface area contributed by atoms with Crippen LogP contribution in [0.5, 0.6) is 0 Å². The van der Waals surface area contributed by atoms with Gasteiger partial charge in [0.2, 0.25) is 10.0 Å². The Morgan fingerprint density at radius 3 is 2.05 bits per heavy atom. The van der Waals surface area contributed by atoms with E-state index >= 15 is 0 Å². The smallest absolute Gasteiger partial charge is 0.311 e. The van der Waals surface area contributed by atoms with E-state index in [0.717, 1.165) is 5.56 Å². The van der Waals surface area contributed by atoms with E-state index in [4.69, 9.17) is 28.4 Å². The average Bonchev–Trinajstić information content (AvgIpc) is 3.21. The Balaban J connectivity index is 1.90. The van der Waals surface area contributed by atoms with Crippen molar-refractivity contribution < 1.29 is 67.2 Å². The van der Waals surface area contributed by atoms with Crippen LogP contribution in [-0.4, -0.2) is 156 Å². The van der Waals surface area contributed by atoms with Crippen molar-refractivity contribution >= 4 is 16.0 Å². The number of benzene rings is 1. The first-order valence-electron chi connectivity index (χ1n) is 22.3. The Morgan fingerprint density at radius 2 is 1.50 bits per heavy atom. The molecule has 4 rings (SSSR count). The minimum atomic E-state index is -4.24. The number of aryl methyl sites for hydroxylation is 1. The molecule has 0 amide bonds. The van der Waals surface area contributed by atoms with Gasteiger partial charge in [-0.25, -0.2) is 13.1 Å². The molecule has 62 heavy (non-hydrogen) atoms. The minimum absolute atomic E-state index is 0.00460. The predicted octanol–water partition coefficient (Wildman–Crippen LogP) is 3.13. The normalized spacial score (nSPS) is 44.4. The number of nitrogens with zero attached hydrogens (tertiary/aromatic N) is 1. The second-order valence-corrected chi connectivity index (χ2v) is 21.1. The fourth-order valence-electron chi connectivity index (χ4n) is 9.98. The summed E-state index contributed by atoms with van der Waals surface area (Å²) in [7, 11) is 0.915. The molecule has 358 valence electrons. The van der Waals surface area contributed by atoms with Gasteiger partial charge >= 0.3 is 5.97 Å². The van der Waals surface area contributed by atoms with Crippen LogP contribution < -0.4 is 4.72 Å². The summed E-state index contributed by atoms with van der Waals surface area (Å²) in [5.74, 6) is -4.59. The summed E-state index contributed by atoms with van der Waals surface area (Å²) in [6, 6.07) is 4.98. The Hall–Kier alpha value is -1.84. The van der Waals surface area contributed by atoms with Crippen LogP contribution in [0, 0.1) is 23.7 Å². The van der Waals surface area contributed by atoms with Gasteiger partial charge in [0.1, 0.15) is 23.9 Å². The fourth-order valence-corrected chi connectivity index (χ4v) is 11.4. The van der Waals surface area contributed by atoms with Crippen molar-refractivity contribution in [2.24, 2.45) is 23.7 Å². The second-order valence-electron chi connectivity index (χ2n) is 19.4. The first-order chi connectivity index (χ1) is 28.6. The summed E-state index contributed by atoms with van der Waals surface area (Å²) in [5.41, 5.74) is -4.11. The molecule has 16 nitrogen and oxygen atoms in total. The van der Waals surface area contributed by atoms with Gasteiger partial charge in [0.15, 0.2) is 12.6 Å². The third-order valence-corrected chi connectivity index (χ3v) is 15.5. The van der Waals surface area contributed by atoms with Gasteiger partial charge in [0.25, 0.3) is 0 Å². The van der Waals surface area contributed by atoms with Crippen LogP contribution in [0.4, 0.5) is 0 Å². The SMILES string of the molecule is CCc1ccc(S(=O)(=O)N[C@@H]2[C@H](C)[C@@H](O)[C@](C)(O)[C@@H](CC)OC(=O)[C@H](C)[C@@H](O[C@H]3C[C@@](C)(OC)[C@@H](O)[C@H](C)O3)[C@H](C)[C@@H](O[C@@H]3O[C@H](C)C[C@H](N(C)C)[C@H]3O)[C@](C)(O)C[C@H]2C)cc1. The molecule has 0 bridgehead atoms. The molecule has 0 aromatic heterocycles. The zero-order chi connectivity index (χ0) is 46.9. The lowest BCUT2D eigenvalue weighted by atomic mass is 9.72. The zero-order valence-electron chi connectivity index (χ0n) is 39.3. The topological polar surface area (TPSA) is 223 Å². The average molecular weight is 903 g/mol. The van der Waals surface area contributed by atoms with Crippen LogP contribution in [0.1, 0.15) is 107 Å². The zero-order valence-corrected chi connectivity index (χ0v) is 40.2. The molecule has 0 spiro atoms. The van der Waals surface area contributed by atoms with E-state index < -0.39 is 118 Å². The van der Waals surface area contributed by atoms with Crippen molar-refractivity contribution in [1.82, 2.24) is 9.62 Å². The number of nitrogens with one attached hydrogen (secondary N) is 1. The number of sulfonamides is 1. The van der Waals surface area contributed by atoms with Crippen molar-refractivity contribution in [3.05, 3.63) is 29.8 Å². The van der Waals surface area contributed by atoms with Crippen molar-refractivity contribution in [2.45, 2.75) is 203 Å². The number of methoxy groups -OCH3 is 1. The fraction of sp³-hybridized carbons (Fsp3) is 0.844. The molecule has 1 aromatic rings. The molecule has 3 heterocycles. The molecule has 0 saturated carbocycles. The molecule has 0 aliphatic carbocycles. The molecule has 19 atom stereocenters. The van der Waals surface area contributed by atoms with Gasteiger partial charge in [-0.1, -0.05) is 46.8 Å². The summed E-state index contributed by atoms with van der Waals surface area (Å²) in [6.07, 6.45) is -9.67. The largest absolute Gasteiger partial charge is 0.459 e. The van der Waals surface area contributed by atoms with Crippen LogP contribution in [0.3, 0.4) is 0 Å². The Labute approximate surface area is 370 Å². The maximum absolute atomic E-state index is 14.4. The van der Waals surface area contributed by atoms with E-state index in [1.54, 1.807) is 60.6 Å². The van der Waals surface area contributed by atoms with Gasteiger partial charge in [0, 0.05) is 37.5 Å². The number of cyclic esters (lactones) is 1. The van der Waals surface area contributed by atoms with Crippen molar-refractivity contribution in [2.75, 3.05) is 21.2 Å². The van der Waals surface area contributed by atoms with Gasteiger partial charge < -0.3 is 58.9 Å². The molecule has 3 saturated heterocycles. The molecule has 6 N–H and O–H groups in total. The molecule has 0 radical (unpaired) electrons. The van der Waals surface area contributed by atoms with Crippen molar-refractivity contribution in [3.63, 3.8) is 0 Å². The molecule has 1 aromatic carbocycles. The van der Waals surface area contributed by atoms with E-state index in [0.29, 0.717) is 12.8 Å². The highest BCUT2D eigenvalue weighted by Crippen LogP contribution is 2.41. The Kier molecular flexibility index (Phi) is 17.7. The number of esters is 1. The van der Waals surface area contributed by atoms with Gasteiger partial charge in [-0.3, -0.25) is 4.79 Å². The van der Waals surface area contributed by atoms with E-state index in [1.807, 2.05) is 32.8 Å². The number of hydrogen-bond acceptors (Lipinski definition) is 15. The molecule has 17 heteroatoms. The number of hydrogen-bond donors (Lipinski definition) is 6. The van der Waals surface area contributed by atoms with E-state index in [2.05, 4.69) is 4.72 Å². The van der Waals surface area contributed by atoms with Crippen LogP contribution >= 0.6 is 0 Å².